The van der Waals surface area contributed by atoms with Crippen LogP contribution >= 0.6 is 0 Å². The van der Waals surface area contributed by atoms with Gasteiger partial charge in [-0.25, -0.2) is 0 Å². The average molecular weight is 275 g/mol. The van der Waals surface area contributed by atoms with Crippen LogP contribution in [0.1, 0.15) is 37.4 Å². The zero-order valence-electron chi connectivity index (χ0n) is 13.4. The molecule has 3 heteroatoms. The second-order valence-electron chi connectivity index (χ2n) is 6.50. The Morgan fingerprint density at radius 1 is 1.35 bits per heavy atom. The quantitative estimate of drug-likeness (QED) is 0.896. The molecule has 1 aromatic carbocycles. The third-order valence-corrected chi connectivity index (χ3v) is 4.25. The normalized spacial score (nSPS) is 16.6. The van der Waals surface area contributed by atoms with Gasteiger partial charge < -0.3 is 10.6 Å². The monoisotopic (exact) mass is 275 g/mol. The number of nitrogens with two attached hydrogens (primary N) is 1. The SMILES string of the molecule is CC(C)CN(C)C(CN)c1ccc2c(c1)CCCN2C. The molecular formula is C17H29N3. The fourth-order valence-electron chi connectivity index (χ4n) is 3.29. The zero-order valence-corrected chi connectivity index (χ0v) is 13.4. The molecule has 0 radical (unpaired) electrons. The Balaban J connectivity index is 2.22. The molecule has 0 spiro atoms. The van der Waals surface area contributed by atoms with Crippen molar-refractivity contribution in [1.82, 2.24) is 4.90 Å². The van der Waals surface area contributed by atoms with E-state index < -0.39 is 0 Å². The van der Waals surface area contributed by atoms with Crippen LogP contribution in [-0.4, -0.2) is 38.6 Å². The Kier molecular flexibility index (Phi) is 5.06. The van der Waals surface area contributed by atoms with Crippen LogP contribution < -0.4 is 10.6 Å². The summed E-state index contributed by atoms with van der Waals surface area (Å²) in [7, 11) is 4.37. The maximum atomic E-state index is 6.03. The second-order valence-corrected chi connectivity index (χ2v) is 6.50. The van der Waals surface area contributed by atoms with E-state index in [-0.39, 0.29) is 0 Å². The van der Waals surface area contributed by atoms with Crippen LogP contribution in [-0.2, 0) is 6.42 Å². The van der Waals surface area contributed by atoms with Gasteiger partial charge in [-0.1, -0.05) is 26.0 Å². The number of benzene rings is 1. The summed E-state index contributed by atoms with van der Waals surface area (Å²) >= 11 is 0. The van der Waals surface area contributed by atoms with Crippen molar-refractivity contribution in [2.24, 2.45) is 11.7 Å². The molecule has 2 N–H and O–H groups in total. The van der Waals surface area contributed by atoms with Gasteiger partial charge in [-0.05, 0) is 43.0 Å². The molecule has 1 atom stereocenters. The fraction of sp³-hybridized carbons (Fsp3) is 0.647. The highest BCUT2D eigenvalue weighted by molar-refractivity contribution is 5.56. The predicted molar refractivity (Wildman–Crippen MR) is 87.3 cm³/mol. The summed E-state index contributed by atoms with van der Waals surface area (Å²) in [6, 6.07) is 7.24. The van der Waals surface area contributed by atoms with Crippen molar-refractivity contribution >= 4 is 5.69 Å². The fourth-order valence-corrected chi connectivity index (χ4v) is 3.29. The maximum absolute atomic E-state index is 6.03. The number of nitrogens with zero attached hydrogens (tertiary/aromatic N) is 2. The number of rotatable bonds is 5. The van der Waals surface area contributed by atoms with Gasteiger partial charge in [-0.2, -0.15) is 0 Å². The lowest BCUT2D eigenvalue weighted by Crippen LogP contribution is -2.33. The number of aryl methyl sites for hydroxylation is 1. The van der Waals surface area contributed by atoms with E-state index in [1.807, 2.05) is 0 Å². The smallest absolute Gasteiger partial charge is 0.0467 e. The minimum Gasteiger partial charge on any atom is -0.374 e. The molecule has 20 heavy (non-hydrogen) atoms. The van der Waals surface area contributed by atoms with E-state index in [1.54, 1.807) is 0 Å². The van der Waals surface area contributed by atoms with E-state index in [0.717, 1.165) is 6.54 Å². The van der Waals surface area contributed by atoms with Gasteiger partial charge in [0.25, 0.3) is 0 Å². The van der Waals surface area contributed by atoms with E-state index in [9.17, 15) is 0 Å². The standard InChI is InChI=1S/C17H29N3/c1-13(2)12-20(4)17(11-18)15-7-8-16-14(10-15)6-5-9-19(16)3/h7-8,10,13,17H,5-6,9,11-12,18H2,1-4H3. The lowest BCUT2D eigenvalue weighted by atomic mass is 9.96. The van der Waals surface area contributed by atoms with Gasteiger partial charge in [-0.15, -0.1) is 0 Å². The van der Waals surface area contributed by atoms with Crippen LogP contribution in [0.25, 0.3) is 0 Å². The van der Waals surface area contributed by atoms with Gasteiger partial charge in [0.1, 0.15) is 0 Å². The van der Waals surface area contributed by atoms with Gasteiger partial charge in [0.2, 0.25) is 0 Å². The Labute approximate surface area is 123 Å². The summed E-state index contributed by atoms with van der Waals surface area (Å²) in [6.07, 6.45) is 2.45. The summed E-state index contributed by atoms with van der Waals surface area (Å²) in [4.78, 5) is 4.75. The third kappa shape index (κ3) is 3.33. The van der Waals surface area contributed by atoms with E-state index in [1.165, 1.54) is 36.2 Å². The second kappa shape index (κ2) is 6.59. The van der Waals surface area contributed by atoms with Crippen molar-refractivity contribution in [3.63, 3.8) is 0 Å². The van der Waals surface area contributed by atoms with Crippen LogP contribution in [0.3, 0.4) is 0 Å². The maximum Gasteiger partial charge on any atom is 0.0467 e. The van der Waals surface area contributed by atoms with Crippen LogP contribution in [0.4, 0.5) is 5.69 Å². The third-order valence-electron chi connectivity index (χ3n) is 4.25. The summed E-state index contributed by atoms with van der Waals surface area (Å²) < 4.78 is 0. The van der Waals surface area contributed by atoms with Crippen LogP contribution in [0, 0.1) is 5.92 Å². The summed E-state index contributed by atoms with van der Waals surface area (Å²) in [6.45, 7) is 7.44. The van der Waals surface area contributed by atoms with Crippen molar-refractivity contribution in [3.8, 4) is 0 Å². The van der Waals surface area contributed by atoms with Crippen molar-refractivity contribution in [3.05, 3.63) is 29.3 Å². The molecule has 1 unspecified atom stereocenters. The molecule has 1 aliphatic heterocycles. The van der Waals surface area contributed by atoms with Crippen LogP contribution in [0.2, 0.25) is 0 Å². The zero-order chi connectivity index (χ0) is 14.7. The van der Waals surface area contributed by atoms with Crippen molar-refractivity contribution in [1.29, 1.82) is 0 Å². The van der Waals surface area contributed by atoms with Crippen LogP contribution in [0.15, 0.2) is 18.2 Å². The van der Waals surface area contributed by atoms with E-state index in [4.69, 9.17) is 5.73 Å². The molecule has 3 nitrogen and oxygen atoms in total. The molecule has 0 aliphatic carbocycles. The molecule has 1 aliphatic rings. The molecular weight excluding hydrogens is 246 g/mol. The van der Waals surface area contributed by atoms with Gasteiger partial charge in [0.15, 0.2) is 0 Å². The first-order valence-electron chi connectivity index (χ1n) is 7.77. The molecule has 1 heterocycles. The highest BCUT2D eigenvalue weighted by Crippen LogP contribution is 2.30. The summed E-state index contributed by atoms with van der Waals surface area (Å²) in [5.41, 5.74) is 10.3. The van der Waals surface area contributed by atoms with Crippen molar-refractivity contribution < 1.29 is 0 Å². The molecule has 0 aromatic heterocycles. The summed E-state index contributed by atoms with van der Waals surface area (Å²) in [5.74, 6) is 0.665. The van der Waals surface area contributed by atoms with Gasteiger partial charge >= 0.3 is 0 Å². The Morgan fingerprint density at radius 3 is 2.75 bits per heavy atom. The highest BCUT2D eigenvalue weighted by atomic mass is 15.1. The molecule has 0 amide bonds. The lowest BCUT2D eigenvalue weighted by molar-refractivity contribution is 0.223. The molecule has 2 rings (SSSR count). The van der Waals surface area contributed by atoms with Gasteiger partial charge in [0.05, 0.1) is 0 Å². The Hall–Kier alpha value is -1.06. The Morgan fingerprint density at radius 2 is 2.10 bits per heavy atom. The minimum absolute atomic E-state index is 0.329. The van der Waals surface area contributed by atoms with Crippen molar-refractivity contribution in [2.75, 3.05) is 38.6 Å². The Bertz CT molecular complexity index is 442. The molecule has 0 fully saturated rings. The topological polar surface area (TPSA) is 32.5 Å². The largest absolute Gasteiger partial charge is 0.374 e. The first-order valence-corrected chi connectivity index (χ1v) is 7.77. The molecule has 0 saturated heterocycles. The molecule has 112 valence electrons. The predicted octanol–water partition coefficient (Wildman–Crippen LogP) is 2.66. The molecule has 0 saturated carbocycles. The summed E-state index contributed by atoms with van der Waals surface area (Å²) in [5, 5.41) is 0. The molecule has 0 bridgehead atoms. The molecule has 1 aromatic rings. The average Bonchev–Trinajstić information content (AvgIpc) is 2.39. The minimum atomic E-state index is 0.329. The van der Waals surface area contributed by atoms with Gasteiger partial charge in [-0.3, -0.25) is 4.90 Å². The lowest BCUT2D eigenvalue weighted by Gasteiger charge is -2.32. The van der Waals surface area contributed by atoms with E-state index >= 15 is 0 Å². The number of anilines is 1. The van der Waals surface area contributed by atoms with E-state index in [2.05, 4.69) is 55.9 Å². The van der Waals surface area contributed by atoms with Gasteiger partial charge in [0, 0.05) is 38.4 Å². The van der Waals surface area contributed by atoms with Crippen molar-refractivity contribution in [2.45, 2.75) is 32.7 Å². The first kappa shape index (κ1) is 15.3. The highest BCUT2D eigenvalue weighted by Gasteiger charge is 2.19. The van der Waals surface area contributed by atoms with E-state index in [0.29, 0.717) is 18.5 Å². The number of likely N-dealkylation sites (N-methyl/N-ethyl adjacent to an activating group) is 1. The number of hydrogen-bond donors (Lipinski definition) is 1. The number of fused-ring (bicyclic) bond motifs is 1. The number of hydrogen-bond acceptors (Lipinski definition) is 3. The first-order chi connectivity index (χ1) is 9.52. The van der Waals surface area contributed by atoms with Crippen LogP contribution in [0.5, 0.6) is 0 Å².